The fourth-order valence-electron chi connectivity index (χ4n) is 3.57. The minimum absolute atomic E-state index is 0. The van der Waals surface area contributed by atoms with Crippen LogP contribution in [-0.2, 0) is 27.6 Å². The monoisotopic (exact) mass is 520 g/mol. The molecule has 0 radical (unpaired) electrons. The Morgan fingerprint density at radius 3 is 2.71 bits per heavy atom. The number of hydrogen-bond acceptors (Lipinski definition) is 4. The number of nitrogens with one attached hydrogen (secondary N) is 2. The molecule has 1 fully saturated rings. The molecule has 1 aromatic rings. The van der Waals surface area contributed by atoms with Crippen LogP contribution in [0.15, 0.2) is 29.3 Å². The second-order valence-corrected chi connectivity index (χ2v) is 9.32. The summed E-state index contributed by atoms with van der Waals surface area (Å²) in [5.41, 5.74) is 2.70. The molecule has 1 aromatic carbocycles. The maximum Gasteiger partial charge on any atom is 0.222 e. The Balaban J connectivity index is 0.00000280. The standard InChI is InChI=1S/C19H28N4O3S.HI/c1-2-20-19(23-11-8-15-5-3-4-6-16(15)13-23)21-10-7-18(24)22-17-9-12-27(25,26)14-17;/h3-6,17H,2,7-14H2,1H3,(H,20,21)(H,22,24);1H. The Morgan fingerprint density at radius 2 is 2.04 bits per heavy atom. The van der Waals surface area contributed by atoms with E-state index in [4.69, 9.17) is 0 Å². The summed E-state index contributed by atoms with van der Waals surface area (Å²) in [4.78, 5) is 18.9. The molecule has 0 aliphatic carbocycles. The van der Waals surface area contributed by atoms with Gasteiger partial charge in [0.15, 0.2) is 15.8 Å². The Labute approximate surface area is 184 Å². The number of halogens is 1. The number of hydrogen-bond donors (Lipinski definition) is 2. The van der Waals surface area contributed by atoms with E-state index >= 15 is 0 Å². The first-order valence-corrected chi connectivity index (χ1v) is 11.4. The van der Waals surface area contributed by atoms with Crippen LogP contribution in [0.3, 0.4) is 0 Å². The summed E-state index contributed by atoms with van der Waals surface area (Å²) < 4.78 is 22.9. The summed E-state index contributed by atoms with van der Waals surface area (Å²) in [6, 6.07) is 8.19. The van der Waals surface area contributed by atoms with Crippen molar-refractivity contribution < 1.29 is 13.2 Å². The second-order valence-electron chi connectivity index (χ2n) is 7.09. The van der Waals surface area contributed by atoms with Gasteiger partial charge in [0, 0.05) is 32.1 Å². The zero-order chi connectivity index (χ0) is 19.3. The number of carbonyl (C=O) groups excluding carboxylic acids is 1. The highest BCUT2D eigenvalue weighted by molar-refractivity contribution is 14.0. The van der Waals surface area contributed by atoms with E-state index < -0.39 is 9.84 Å². The van der Waals surface area contributed by atoms with Crippen molar-refractivity contribution in [3.63, 3.8) is 0 Å². The molecule has 7 nitrogen and oxygen atoms in total. The van der Waals surface area contributed by atoms with Crippen LogP contribution < -0.4 is 10.6 Å². The lowest BCUT2D eigenvalue weighted by atomic mass is 10.0. The normalized spacial score (nSPS) is 20.8. The smallest absolute Gasteiger partial charge is 0.222 e. The van der Waals surface area contributed by atoms with Crippen LogP contribution in [0, 0.1) is 0 Å². The van der Waals surface area contributed by atoms with Crippen molar-refractivity contribution in [2.45, 2.75) is 38.8 Å². The molecule has 1 amide bonds. The lowest BCUT2D eigenvalue weighted by Crippen LogP contribution is -2.44. The van der Waals surface area contributed by atoms with Gasteiger partial charge in [-0.2, -0.15) is 0 Å². The number of amides is 1. The number of sulfone groups is 1. The summed E-state index contributed by atoms with van der Waals surface area (Å²) in [5, 5.41) is 6.12. The van der Waals surface area contributed by atoms with Gasteiger partial charge in [-0.05, 0) is 30.9 Å². The quantitative estimate of drug-likeness (QED) is 0.348. The van der Waals surface area contributed by atoms with Gasteiger partial charge in [0.05, 0.1) is 18.1 Å². The molecule has 2 heterocycles. The number of benzene rings is 1. The van der Waals surface area contributed by atoms with Crippen molar-refractivity contribution in [3.8, 4) is 0 Å². The number of carbonyl (C=O) groups is 1. The first-order chi connectivity index (χ1) is 13.0. The van der Waals surface area contributed by atoms with Crippen LogP contribution in [-0.4, -0.2) is 62.4 Å². The van der Waals surface area contributed by atoms with Crippen LogP contribution in [0.25, 0.3) is 0 Å². The highest BCUT2D eigenvalue weighted by Crippen LogP contribution is 2.18. The van der Waals surface area contributed by atoms with Crippen LogP contribution in [0.5, 0.6) is 0 Å². The van der Waals surface area contributed by atoms with Gasteiger partial charge in [0.1, 0.15) is 0 Å². The number of aliphatic imine (C=N–C) groups is 1. The molecule has 1 saturated heterocycles. The average Bonchev–Trinajstić information content (AvgIpc) is 2.99. The number of nitrogens with zero attached hydrogens (tertiary/aromatic N) is 2. The predicted octanol–water partition coefficient (Wildman–Crippen LogP) is 1.32. The van der Waals surface area contributed by atoms with Gasteiger partial charge in [-0.1, -0.05) is 24.3 Å². The first-order valence-electron chi connectivity index (χ1n) is 9.56. The molecule has 0 saturated carbocycles. The van der Waals surface area contributed by atoms with Crippen LogP contribution in [0.1, 0.15) is 30.9 Å². The molecule has 0 bridgehead atoms. The molecule has 9 heteroatoms. The van der Waals surface area contributed by atoms with Crippen molar-refractivity contribution in [2.24, 2.45) is 4.99 Å². The zero-order valence-corrected chi connectivity index (χ0v) is 19.3. The van der Waals surface area contributed by atoms with E-state index in [2.05, 4.69) is 44.8 Å². The largest absolute Gasteiger partial charge is 0.357 e. The summed E-state index contributed by atoms with van der Waals surface area (Å²) in [6.07, 6.45) is 1.75. The summed E-state index contributed by atoms with van der Waals surface area (Å²) in [7, 11) is -2.98. The van der Waals surface area contributed by atoms with E-state index in [1.54, 1.807) is 0 Å². The van der Waals surface area contributed by atoms with Gasteiger partial charge in [-0.25, -0.2) is 8.42 Å². The highest BCUT2D eigenvalue weighted by atomic mass is 127. The molecule has 0 spiro atoms. The summed E-state index contributed by atoms with van der Waals surface area (Å²) in [6.45, 7) is 4.89. The first kappa shape index (κ1) is 22.9. The van der Waals surface area contributed by atoms with Gasteiger partial charge < -0.3 is 15.5 Å². The molecule has 3 rings (SSSR count). The Morgan fingerprint density at radius 1 is 1.29 bits per heavy atom. The minimum Gasteiger partial charge on any atom is -0.357 e. The third-order valence-corrected chi connectivity index (χ3v) is 6.73. The number of fused-ring (bicyclic) bond motifs is 1. The topological polar surface area (TPSA) is 90.9 Å². The molecule has 2 aliphatic rings. The predicted molar refractivity (Wildman–Crippen MR) is 122 cm³/mol. The van der Waals surface area contributed by atoms with Gasteiger partial charge >= 0.3 is 0 Å². The average molecular weight is 520 g/mol. The third kappa shape index (κ3) is 6.33. The summed E-state index contributed by atoms with van der Waals surface area (Å²) in [5.74, 6) is 0.901. The Kier molecular flexibility index (Phi) is 8.54. The van der Waals surface area contributed by atoms with Crippen LogP contribution >= 0.6 is 24.0 Å². The van der Waals surface area contributed by atoms with Crippen molar-refractivity contribution in [2.75, 3.05) is 31.1 Å². The molecular weight excluding hydrogens is 491 g/mol. The van der Waals surface area contributed by atoms with E-state index in [0.717, 1.165) is 32.0 Å². The van der Waals surface area contributed by atoms with E-state index in [0.29, 0.717) is 13.0 Å². The SMILES string of the molecule is CCNC(=NCCC(=O)NC1CCS(=O)(=O)C1)N1CCc2ccccc2C1.I. The van der Waals surface area contributed by atoms with Crippen molar-refractivity contribution in [3.05, 3.63) is 35.4 Å². The number of rotatable bonds is 5. The third-order valence-electron chi connectivity index (χ3n) is 4.96. The lowest BCUT2D eigenvalue weighted by Gasteiger charge is -2.31. The van der Waals surface area contributed by atoms with Gasteiger partial charge in [0.2, 0.25) is 5.91 Å². The molecule has 2 N–H and O–H groups in total. The number of guanidine groups is 1. The van der Waals surface area contributed by atoms with Gasteiger partial charge in [-0.15, -0.1) is 24.0 Å². The molecule has 156 valence electrons. The fraction of sp³-hybridized carbons (Fsp3) is 0.579. The van der Waals surface area contributed by atoms with E-state index in [1.807, 2.05) is 6.92 Å². The Hall–Kier alpha value is -1.36. The highest BCUT2D eigenvalue weighted by Gasteiger charge is 2.28. The summed E-state index contributed by atoms with van der Waals surface area (Å²) >= 11 is 0. The minimum atomic E-state index is -2.98. The van der Waals surface area contributed by atoms with E-state index in [1.165, 1.54) is 11.1 Å². The maximum atomic E-state index is 12.1. The van der Waals surface area contributed by atoms with Gasteiger partial charge in [-0.3, -0.25) is 9.79 Å². The molecule has 2 aliphatic heterocycles. The molecule has 28 heavy (non-hydrogen) atoms. The van der Waals surface area contributed by atoms with Crippen molar-refractivity contribution in [1.29, 1.82) is 0 Å². The van der Waals surface area contributed by atoms with Gasteiger partial charge in [0.25, 0.3) is 0 Å². The lowest BCUT2D eigenvalue weighted by molar-refractivity contribution is -0.121. The molecule has 0 aromatic heterocycles. The van der Waals surface area contributed by atoms with Crippen molar-refractivity contribution in [1.82, 2.24) is 15.5 Å². The van der Waals surface area contributed by atoms with E-state index in [-0.39, 0.29) is 53.9 Å². The molecular formula is C19H29IN4O3S. The van der Waals surface area contributed by atoms with Crippen molar-refractivity contribution >= 4 is 45.7 Å². The maximum absolute atomic E-state index is 12.1. The Bertz CT molecular complexity index is 813. The van der Waals surface area contributed by atoms with Crippen LogP contribution in [0.4, 0.5) is 0 Å². The van der Waals surface area contributed by atoms with E-state index in [9.17, 15) is 13.2 Å². The second kappa shape index (κ2) is 10.4. The molecule has 1 atom stereocenters. The van der Waals surface area contributed by atoms with Crippen LogP contribution in [0.2, 0.25) is 0 Å². The fourth-order valence-corrected chi connectivity index (χ4v) is 5.25. The zero-order valence-electron chi connectivity index (χ0n) is 16.2. The molecule has 1 unspecified atom stereocenters.